The second-order valence-corrected chi connectivity index (χ2v) is 8.83. The van der Waals surface area contributed by atoms with Crippen molar-refractivity contribution in [1.29, 1.82) is 0 Å². The van der Waals surface area contributed by atoms with E-state index < -0.39 is 11.9 Å². The highest BCUT2D eigenvalue weighted by molar-refractivity contribution is 5.80. The molecule has 1 aromatic heterocycles. The molecule has 180 valence electrons. The Morgan fingerprint density at radius 3 is 2.29 bits per heavy atom. The highest BCUT2D eigenvalue weighted by Gasteiger charge is 2.27. The Labute approximate surface area is 204 Å². The maximum Gasteiger partial charge on any atom is 0.266 e. The number of amides is 1. The molecule has 0 spiro atoms. The van der Waals surface area contributed by atoms with Gasteiger partial charge < -0.3 is 9.80 Å². The fraction of sp³-hybridized carbons (Fsp3) is 0.250. The average Bonchev–Trinajstić information content (AvgIpc) is 2.85. The van der Waals surface area contributed by atoms with Crippen LogP contribution in [0.1, 0.15) is 24.4 Å². The minimum Gasteiger partial charge on any atom is -0.331 e. The molecule has 1 heterocycles. The van der Waals surface area contributed by atoms with Crippen molar-refractivity contribution in [3.8, 4) is 5.69 Å². The van der Waals surface area contributed by atoms with E-state index in [2.05, 4.69) is 0 Å². The van der Waals surface area contributed by atoms with Crippen LogP contribution in [0.25, 0.3) is 16.6 Å². The highest BCUT2D eigenvalue weighted by Crippen LogP contribution is 2.24. The van der Waals surface area contributed by atoms with Crippen molar-refractivity contribution < 1.29 is 9.18 Å². The first-order valence-electron chi connectivity index (χ1n) is 11.6. The molecule has 0 saturated heterocycles. The number of carbonyl (C=O) groups excluding carboxylic acids is 1. The van der Waals surface area contributed by atoms with E-state index in [-0.39, 0.29) is 17.9 Å². The standard InChI is InChI=1S/C28H29FN4O2/c1-20(32(18-17-31(2)3)26(34)19-21-9-5-4-6-10-21)27-30-25-12-8-7-11-24(25)28(35)33(27)23-15-13-22(29)14-16-23/h4-16,20H,17-19H2,1-3H3/t20-/m1/s1. The Balaban J connectivity index is 1.83. The molecule has 0 radical (unpaired) electrons. The van der Waals surface area contributed by atoms with Gasteiger partial charge in [0.1, 0.15) is 11.6 Å². The number of likely N-dealkylation sites (N-methyl/N-ethyl adjacent to an activating group) is 1. The van der Waals surface area contributed by atoms with Gasteiger partial charge in [-0.05, 0) is 63.0 Å². The van der Waals surface area contributed by atoms with Crippen molar-refractivity contribution in [2.45, 2.75) is 19.4 Å². The summed E-state index contributed by atoms with van der Waals surface area (Å²) in [5.74, 6) is -0.0186. The fourth-order valence-electron chi connectivity index (χ4n) is 4.12. The zero-order chi connectivity index (χ0) is 24.9. The van der Waals surface area contributed by atoms with Crippen LogP contribution in [0.3, 0.4) is 0 Å². The summed E-state index contributed by atoms with van der Waals surface area (Å²) in [4.78, 5) is 35.7. The third-order valence-electron chi connectivity index (χ3n) is 6.03. The topological polar surface area (TPSA) is 58.4 Å². The normalized spacial score (nSPS) is 12.1. The summed E-state index contributed by atoms with van der Waals surface area (Å²) in [7, 11) is 3.90. The number of aromatic nitrogens is 2. The number of halogens is 1. The molecule has 35 heavy (non-hydrogen) atoms. The molecule has 0 N–H and O–H groups in total. The molecular weight excluding hydrogens is 443 g/mol. The number of nitrogens with zero attached hydrogens (tertiary/aromatic N) is 4. The van der Waals surface area contributed by atoms with Crippen LogP contribution < -0.4 is 5.56 Å². The van der Waals surface area contributed by atoms with Gasteiger partial charge in [0.15, 0.2) is 0 Å². The summed E-state index contributed by atoms with van der Waals surface area (Å²) in [6.45, 7) is 3.00. The Morgan fingerprint density at radius 1 is 0.943 bits per heavy atom. The van der Waals surface area contributed by atoms with Gasteiger partial charge in [0, 0.05) is 13.1 Å². The second kappa shape index (κ2) is 10.6. The first-order valence-corrected chi connectivity index (χ1v) is 11.6. The maximum absolute atomic E-state index is 13.7. The predicted octanol–water partition coefficient (Wildman–Crippen LogP) is 4.22. The average molecular weight is 473 g/mol. The van der Waals surface area contributed by atoms with Gasteiger partial charge >= 0.3 is 0 Å². The maximum atomic E-state index is 13.7. The van der Waals surface area contributed by atoms with Crippen molar-refractivity contribution in [2.75, 3.05) is 27.2 Å². The van der Waals surface area contributed by atoms with Crippen LogP contribution in [0.4, 0.5) is 4.39 Å². The molecular formula is C28H29FN4O2. The molecule has 0 bridgehead atoms. The van der Waals surface area contributed by atoms with Crippen molar-refractivity contribution >= 4 is 16.8 Å². The molecule has 1 atom stereocenters. The summed E-state index contributed by atoms with van der Waals surface area (Å²) in [5.41, 5.74) is 1.72. The summed E-state index contributed by atoms with van der Waals surface area (Å²) < 4.78 is 15.2. The molecule has 4 rings (SSSR count). The van der Waals surface area contributed by atoms with E-state index in [0.29, 0.717) is 35.5 Å². The quantitative estimate of drug-likeness (QED) is 0.385. The lowest BCUT2D eigenvalue weighted by Crippen LogP contribution is -2.41. The van der Waals surface area contributed by atoms with E-state index in [1.807, 2.05) is 62.3 Å². The second-order valence-electron chi connectivity index (χ2n) is 8.83. The molecule has 6 nitrogen and oxygen atoms in total. The number of para-hydroxylation sites is 1. The van der Waals surface area contributed by atoms with Gasteiger partial charge in [-0.1, -0.05) is 42.5 Å². The molecule has 0 fully saturated rings. The predicted molar refractivity (Wildman–Crippen MR) is 136 cm³/mol. The van der Waals surface area contributed by atoms with Gasteiger partial charge in [0.25, 0.3) is 5.56 Å². The highest BCUT2D eigenvalue weighted by atomic mass is 19.1. The van der Waals surface area contributed by atoms with Crippen LogP contribution in [0.5, 0.6) is 0 Å². The zero-order valence-corrected chi connectivity index (χ0v) is 20.2. The van der Waals surface area contributed by atoms with Gasteiger partial charge in [0.2, 0.25) is 5.91 Å². The Bertz CT molecular complexity index is 1370. The zero-order valence-electron chi connectivity index (χ0n) is 20.2. The monoisotopic (exact) mass is 472 g/mol. The third-order valence-corrected chi connectivity index (χ3v) is 6.03. The molecule has 0 aliphatic rings. The molecule has 0 saturated carbocycles. The van der Waals surface area contributed by atoms with Crippen LogP contribution in [0.15, 0.2) is 83.7 Å². The van der Waals surface area contributed by atoms with E-state index in [1.54, 1.807) is 35.2 Å². The summed E-state index contributed by atoms with van der Waals surface area (Å²) in [6.07, 6.45) is 0.243. The smallest absolute Gasteiger partial charge is 0.266 e. The van der Waals surface area contributed by atoms with Crippen LogP contribution >= 0.6 is 0 Å². The van der Waals surface area contributed by atoms with Crippen molar-refractivity contribution in [3.63, 3.8) is 0 Å². The van der Waals surface area contributed by atoms with Gasteiger partial charge in [-0.3, -0.25) is 14.2 Å². The summed E-state index contributed by atoms with van der Waals surface area (Å²) in [5, 5.41) is 0.461. The van der Waals surface area contributed by atoms with Gasteiger partial charge in [-0.2, -0.15) is 0 Å². The largest absolute Gasteiger partial charge is 0.331 e. The van der Waals surface area contributed by atoms with E-state index in [4.69, 9.17) is 4.98 Å². The van der Waals surface area contributed by atoms with Crippen LogP contribution in [0.2, 0.25) is 0 Å². The van der Waals surface area contributed by atoms with Crippen molar-refractivity contribution in [2.24, 2.45) is 0 Å². The molecule has 1 amide bonds. The van der Waals surface area contributed by atoms with E-state index in [9.17, 15) is 14.0 Å². The summed E-state index contributed by atoms with van der Waals surface area (Å²) in [6, 6.07) is 22.0. The Morgan fingerprint density at radius 2 is 1.60 bits per heavy atom. The number of hydrogen-bond acceptors (Lipinski definition) is 4. The molecule has 4 aromatic rings. The fourth-order valence-corrected chi connectivity index (χ4v) is 4.12. The van der Waals surface area contributed by atoms with Crippen LogP contribution in [-0.4, -0.2) is 52.4 Å². The SMILES string of the molecule is C[C@H](c1nc2ccccc2c(=O)n1-c1ccc(F)cc1)N(CCN(C)C)C(=O)Cc1ccccc1. The van der Waals surface area contributed by atoms with Crippen LogP contribution in [-0.2, 0) is 11.2 Å². The lowest BCUT2D eigenvalue weighted by Gasteiger charge is -2.31. The number of rotatable bonds is 8. The van der Waals surface area contributed by atoms with Gasteiger partial charge in [-0.25, -0.2) is 9.37 Å². The van der Waals surface area contributed by atoms with E-state index in [1.165, 1.54) is 16.7 Å². The molecule has 7 heteroatoms. The van der Waals surface area contributed by atoms with E-state index >= 15 is 0 Å². The lowest BCUT2D eigenvalue weighted by atomic mass is 10.1. The number of carbonyl (C=O) groups is 1. The number of hydrogen-bond donors (Lipinski definition) is 0. The van der Waals surface area contributed by atoms with Gasteiger partial charge in [-0.15, -0.1) is 0 Å². The molecule has 3 aromatic carbocycles. The van der Waals surface area contributed by atoms with Crippen LogP contribution in [0, 0.1) is 5.82 Å². The van der Waals surface area contributed by atoms with Gasteiger partial charge in [0.05, 0.1) is 29.1 Å². The number of benzene rings is 3. The minimum absolute atomic E-state index is 0.0568. The minimum atomic E-state index is -0.506. The lowest BCUT2D eigenvalue weighted by molar-refractivity contribution is -0.133. The third kappa shape index (κ3) is 5.46. The molecule has 0 unspecified atom stereocenters. The molecule has 0 aliphatic carbocycles. The Kier molecular flexibility index (Phi) is 7.36. The van der Waals surface area contributed by atoms with Crippen molar-refractivity contribution in [1.82, 2.24) is 19.4 Å². The Hall–Kier alpha value is -3.84. The van der Waals surface area contributed by atoms with Crippen molar-refractivity contribution in [3.05, 3.63) is 106 Å². The summed E-state index contributed by atoms with van der Waals surface area (Å²) >= 11 is 0. The first-order chi connectivity index (χ1) is 16.8. The molecule has 0 aliphatic heterocycles. The first kappa shape index (κ1) is 24.3. The van der Waals surface area contributed by atoms with E-state index in [0.717, 1.165) is 5.56 Å². The number of fused-ring (bicyclic) bond motifs is 1.